The fourth-order valence-corrected chi connectivity index (χ4v) is 1.85. The highest BCUT2D eigenvalue weighted by atomic mass is 35.5. The number of aromatic nitrogens is 5. The lowest BCUT2D eigenvalue weighted by Crippen LogP contribution is -2.19. The van der Waals surface area contributed by atoms with Gasteiger partial charge in [0.25, 0.3) is 5.56 Å². The second-order valence-electron chi connectivity index (χ2n) is 4.40. The van der Waals surface area contributed by atoms with E-state index in [0.717, 1.165) is 11.1 Å². The predicted molar refractivity (Wildman–Crippen MR) is 78.0 cm³/mol. The average Bonchev–Trinajstić information content (AvgIpc) is 3.02. The van der Waals surface area contributed by atoms with Crippen LogP contribution in [-0.4, -0.2) is 24.3 Å². The topological polar surface area (TPSA) is 68.5 Å². The number of nitrogens with one attached hydrogen (secondary N) is 1. The van der Waals surface area contributed by atoms with Gasteiger partial charge in [0.2, 0.25) is 0 Å². The first-order chi connectivity index (χ1) is 9.16. The molecule has 0 atom stereocenters. The first-order valence-corrected chi connectivity index (χ1v) is 5.89. The molecule has 0 amide bonds. The summed E-state index contributed by atoms with van der Waals surface area (Å²) in [5, 5.41) is 2.92. The van der Waals surface area contributed by atoms with Gasteiger partial charge in [-0.15, -0.1) is 12.4 Å². The molecule has 0 saturated heterocycles. The molecule has 6 nitrogen and oxygen atoms in total. The Labute approximate surface area is 121 Å². The van der Waals surface area contributed by atoms with E-state index in [1.807, 2.05) is 19.9 Å². The van der Waals surface area contributed by atoms with Gasteiger partial charge in [-0.05, 0) is 31.0 Å². The zero-order valence-electron chi connectivity index (χ0n) is 11.1. The van der Waals surface area contributed by atoms with Crippen LogP contribution < -0.4 is 5.56 Å². The van der Waals surface area contributed by atoms with E-state index in [0.29, 0.717) is 11.5 Å². The summed E-state index contributed by atoms with van der Waals surface area (Å²) in [6.45, 7) is 3.98. The third kappa shape index (κ3) is 2.25. The van der Waals surface area contributed by atoms with Crippen LogP contribution in [0, 0.1) is 13.8 Å². The summed E-state index contributed by atoms with van der Waals surface area (Å²) < 4.78 is 3.08. The lowest BCUT2D eigenvalue weighted by Gasteiger charge is -2.03. The van der Waals surface area contributed by atoms with Crippen LogP contribution >= 0.6 is 12.4 Å². The van der Waals surface area contributed by atoms with Gasteiger partial charge in [0.1, 0.15) is 5.69 Å². The van der Waals surface area contributed by atoms with Crippen LogP contribution in [-0.2, 0) is 0 Å². The molecule has 0 aliphatic carbocycles. The molecule has 0 saturated carbocycles. The van der Waals surface area contributed by atoms with Crippen LogP contribution in [0.4, 0.5) is 0 Å². The second-order valence-corrected chi connectivity index (χ2v) is 4.40. The standard InChI is InChI=1S/C13H13N5O.ClH/c1-9-5-12(15-6-10(9)2)18-13(19)11(7-16-18)17-4-3-14-8-17;/h3-8,16H,1-2H3;1H. The predicted octanol–water partition coefficient (Wildman–Crippen LogP) is 1.78. The fourth-order valence-electron chi connectivity index (χ4n) is 1.85. The van der Waals surface area contributed by atoms with Crippen molar-refractivity contribution in [2.24, 2.45) is 0 Å². The van der Waals surface area contributed by atoms with Gasteiger partial charge in [-0.1, -0.05) is 0 Å². The Kier molecular flexibility index (Phi) is 3.76. The van der Waals surface area contributed by atoms with Gasteiger partial charge in [0.05, 0.1) is 6.33 Å². The SMILES string of the molecule is Cc1cnc(-n2[nH]cc(-n3ccnc3)c2=O)cc1C.Cl. The summed E-state index contributed by atoms with van der Waals surface area (Å²) in [5.74, 6) is 0.583. The van der Waals surface area contributed by atoms with E-state index >= 15 is 0 Å². The molecule has 3 rings (SSSR count). The van der Waals surface area contributed by atoms with Gasteiger partial charge in [-0.25, -0.2) is 9.97 Å². The molecule has 0 fully saturated rings. The number of hydrogen-bond donors (Lipinski definition) is 1. The summed E-state index contributed by atoms with van der Waals surface area (Å²) >= 11 is 0. The lowest BCUT2D eigenvalue weighted by atomic mass is 10.2. The number of nitrogens with zero attached hydrogens (tertiary/aromatic N) is 4. The number of aryl methyl sites for hydroxylation is 2. The Balaban J connectivity index is 0.00000147. The molecule has 20 heavy (non-hydrogen) atoms. The summed E-state index contributed by atoms with van der Waals surface area (Å²) in [6, 6.07) is 1.88. The van der Waals surface area contributed by atoms with Crippen molar-refractivity contribution < 1.29 is 0 Å². The molecule has 3 aromatic rings. The molecule has 0 aromatic carbocycles. The average molecular weight is 292 g/mol. The Morgan fingerprint density at radius 1 is 1.25 bits per heavy atom. The summed E-state index contributed by atoms with van der Waals surface area (Å²) in [5.41, 5.74) is 2.54. The summed E-state index contributed by atoms with van der Waals surface area (Å²) in [4.78, 5) is 20.5. The number of pyridine rings is 1. The monoisotopic (exact) mass is 291 g/mol. The highest BCUT2D eigenvalue weighted by Crippen LogP contribution is 2.09. The third-order valence-electron chi connectivity index (χ3n) is 3.12. The molecule has 0 radical (unpaired) electrons. The second kappa shape index (κ2) is 5.34. The van der Waals surface area contributed by atoms with Gasteiger partial charge < -0.3 is 0 Å². The minimum atomic E-state index is -0.159. The van der Waals surface area contributed by atoms with Crippen LogP contribution in [0.1, 0.15) is 11.1 Å². The number of H-pyrrole nitrogens is 1. The molecule has 1 N–H and O–H groups in total. The first kappa shape index (κ1) is 14.1. The molecular weight excluding hydrogens is 278 g/mol. The molecular formula is C13H14ClN5O. The third-order valence-corrected chi connectivity index (χ3v) is 3.12. The molecule has 3 heterocycles. The zero-order chi connectivity index (χ0) is 13.4. The zero-order valence-corrected chi connectivity index (χ0v) is 11.9. The maximum absolute atomic E-state index is 12.3. The van der Waals surface area contributed by atoms with Crippen molar-refractivity contribution in [3.63, 3.8) is 0 Å². The summed E-state index contributed by atoms with van der Waals surface area (Å²) in [6.07, 6.45) is 8.34. The van der Waals surface area contributed by atoms with Crippen molar-refractivity contribution >= 4 is 12.4 Å². The molecule has 0 bridgehead atoms. The van der Waals surface area contributed by atoms with Crippen LogP contribution in [0.5, 0.6) is 0 Å². The normalized spacial score (nSPS) is 10.3. The van der Waals surface area contributed by atoms with Crippen molar-refractivity contribution in [2.45, 2.75) is 13.8 Å². The Hall–Kier alpha value is -2.34. The van der Waals surface area contributed by atoms with Crippen molar-refractivity contribution in [3.05, 3.63) is 58.7 Å². The molecule has 0 spiro atoms. The van der Waals surface area contributed by atoms with E-state index in [2.05, 4.69) is 15.1 Å². The molecule has 0 unspecified atom stereocenters. The van der Waals surface area contributed by atoms with Crippen molar-refractivity contribution in [1.29, 1.82) is 0 Å². The van der Waals surface area contributed by atoms with Crippen molar-refractivity contribution in [2.75, 3.05) is 0 Å². The Bertz CT molecular complexity index is 772. The molecule has 0 aliphatic heterocycles. The van der Waals surface area contributed by atoms with E-state index in [1.54, 1.807) is 35.7 Å². The van der Waals surface area contributed by atoms with Gasteiger partial charge in [0, 0.05) is 24.8 Å². The van der Waals surface area contributed by atoms with E-state index < -0.39 is 0 Å². The molecule has 104 valence electrons. The number of rotatable bonds is 2. The maximum Gasteiger partial charge on any atom is 0.296 e. The minimum Gasteiger partial charge on any atom is -0.300 e. The van der Waals surface area contributed by atoms with Gasteiger partial charge in [-0.3, -0.25) is 14.5 Å². The van der Waals surface area contributed by atoms with Crippen molar-refractivity contribution in [1.82, 2.24) is 24.3 Å². The minimum absolute atomic E-state index is 0. The van der Waals surface area contributed by atoms with Crippen molar-refractivity contribution in [3.8, 4) is 11.5 Å². The molecule has 7 heteroatoms. The van der Waals surface area contributed by atoms with Gasteiger partial charge >= 0.3 is 0 Å². The Morgan fingerprint density at radius 3 is 2.70 bits per heavy atom. The highest BCUT2D eigenvalue weighted by Gasteiger charge is 2.10. The highest BCUT2D eigenvalue weighted by molar-refractivity contribution is 5.85. The van der Waals surface area contributed by atoms with Crippen LogP contribution in [0.3, 0.4) is 0 Å². The van der Waals surface area contributed by atoms with Gasteiger partial charge in [-0.2, -0.15) is 4.68 Å². The number of halogens is 1. The van der Waals surface area contributed by atoms with Crippen LogP contribution in [0.25, 0.3) is 11.5 Å². The summed E-state index contributed by atoms with van der Waals surface area (Å²) in [7, 11) is 0. The first-order valence-electron chi connectivity index (χ1n) is 5.89. The van der Waals surface area contributed by atoms with E-state index in [-0.39, 0.29) is 18.0 Å². The fraction of sp³-hybridized carbons (Fsp3) is 0.154. The lowest BCUT2D eigenvalue weighted by molar-refractivity contribution is 0.813. The number of aromatic amines is 1. The van der Waals surface area contributed by atoms with E-state index in [4.69, 9.17) is 0 Å². The Morgan fingerprint density at radius 2 is 2.05 bits per heavy atom. The van der Waals surface area contributed by atoms with Crippen LogP contribution in [0.2, 0.25) is 0 Å². The van der Waals surface area contributed by atoms with E-state index in [1.165, 1.54) is 4.68 Å². The molecule has 0 aliphatic rings. The smallest absolute Gasteiger partial charge is 0.296 e. The number of imidazole rings is 1. The van der Waals surface area contributed by atoms with Crippen LogP contribution in [0.15, 0.2) is 42.0 Å². The molecule has 3 aromatic heterocycles. The maximum atomic E-state index is 12.3. The van der Waals surface area contributed by atoms with E-state index in [9.17, 15) is 4.79 Å². The number of hydrogen-bond acceptors (Lipinski definition) is 3. The quantitative estimate of drug-likeness (QED) is 0.782. The largest absolute Gasteiger partial charge is 0.300 e. The van der Waals surface area contributed by atoms with Gasteiger partial charge in [0.15, 0.2) is 5.82 Å².